The van der Waals surface area contributed by atoms with Crippen LogP contribution in [0.2, 0.25) is 0 Å². The highest BCUT2D eigenvalue weighted by Gasteiger charge is 2.59. The molecule has 60 heavy (non-hydrogen) atoms. The van der Waals surface area contributed by atoms with Gasteiger partial charge in [-0.2, -0.15) is 0 Å². The molecule has 0 saturated heterocycles. The van der Waals surface area contributed by atoms with E-state index in [2.05, 4.69) is 50.7 Å². The first-order valence-electron chi connectivity index (χ1n) is 23.2. The lowest BCUT2D eigenvalue weighted by Gasteiger charge is -2.58. The molecule has 5 rings (SSSR count). The molecule has 9 atom stereocenters. The quantitative estimate of drug-likeness (QED) is 0.0230. The minimum absolute atomic E-state index is 0.0546. The van der Waals surface area contributed by atoms with Crippen molar-refractivity contribution in [3.8, 4) is 0 Å². The molecule has 12 heteroatoms. The maximum absolute atomic E-state index is 13.3. The Morgan fingerprint density at radius 3 is 2.43 bits per heavy atom. The van der Waals surface area contributed by atoms with E-state index in [4.69, 9.17) is 35.4 Å². The highest BCUT2D eigenvalue weighted by Crippen LogP contribution is 2.67. The average molecular weight is 852 g/mol. The molecule has 5 N–H and O–H groups in total. The molecule has 336 valence electrons. The Labute approximate surface area is 361 Å². The molecule has 3 fully saturated rings. The van der Waals surface area contributed by atoms with Crippen molar-refractivity contribution in [2.45, 2.75) is 138 Å². The Balaban J connectivity index is 1.02. The number of fused-ring (bicyclic) bond motifs is 5. The van der Waals surface area contributed by atoms with E-state index in [1.807, 2.05) is 24.3 Å². The van der Waals surface area contributed by atoms with Crippen molar-refractivity contribution in [2.24, 2.45) is 67.8 Å². The third-order valence-electron chi connectivity index (χ3n) is 14.7. The summed E-state index contributed by atoms with van der Waals surface area (Å²) in [7, 11) is -3.36. The van der Waals surface area contributed by atoms with Crippen molar-refractivity contribution in [2.75, 3.05) is 45.7 Å². The molecule has 0 spiro atoms. The first-order chi connectivity index (χ1) is 28.6. The van der Waals surface area contributed by atoms with Crippen LogP contribution in [0.1, 0.15) is 147 Å². The number of ether oxygens (including phenoxy) is 2. The predicted octanol–water partition coefficient (Wildman–Crippen LogP) is 10.4. The van der Waals surface area contributed by atoms with Crippen LogP contribution in [0.3, 0.4) is 0 Å². The van der Waals surface area contributed by atoms with Gasteiger partial charge in [-0.1, -0.05) is 77.7 Å². The molecule has 0 radical (unpaired) electrons. The Morgan fingerprint density at radius 1 is 0.933 bits per heavy atom. The zero-order chi connectivity index (χ0) is 43.3. The molecule has 1 aromatic rings. The Bertz CT molecular complexity index is 1690. The van der Waals surface area contributed by atoms with Crippen LogP contribution in [0.5, 0.6) is 0 Å². The van der Waals surface area contributed by atoms with E-state index in [-0.39, 0.29) is 49.4 Å². The number of benzene rings is 1. The van der Waals surface area contributed by atoms with Crippen molar-refractivity contribution in [3.05, 3.63) is 47.0 Å². The van der Waals surface area contributed by atoms with Crippen LogP contribution in [0.25, 0.3) is 0 Å². The highest BCUT2D eigenvalue weighted by molar-refractivity contribution is 7.53. The van der Waals surface area contributed by atoms with Crippen molar-refractivity contribution in [1.29, 1.82) is 5.41 Å². The van der Waals surface area contributed by atoms with E-state index in [1.54, 1.807) is 18.7 Å². The van der Waals surface area contributed by atoms with Crippen LogP contribution in [-0.2, 0) is 23.1 Å². The van der Waals surface area contributed by atoms with Crippen molar-refractivity contribution >= 4 is 31.5 Å². The minimum Gasteiger partial charge on any atom is -0.458 e. The van der Waals surface area contributed by atoms with Crippen LogP contribution in [0, 0.1) is 51.7 Å². The van der Waals surface area contributed by atoms with Gasteiger partial charge in [-0.05, 0) is 135 Å². The number of aliphatic imine (C=N–C) groups is 2. The fourth-order valence-corrected chi connectivity index (χ4v) is 13.1. The summed E-state index contributed by atoms with van der Waals surface area (Å²) in [5, 5.41) is 7.57. The third-order valence-corrected chi connectivity index (χ3v) is 16.7. The SMILES string of the molecule is CC(=N)CCCOP(=O)(CCCOCCN=Cc1ccc(C(=O)OC2CCC3(C)C(=CCC4C3CCC3(C)C(C(C)CCCC(C)C)CCC43)C2)cc1)OCCN=C(N)N. The standard InChI is InChI=1S/C48H78N5O6P/c1-34(2)10-7-11-35(3)42-19-20-43-41-18-17-39-32-40(21-23-47(39,5)44(41)22-24-48(42,43)6)59-45(54)38-15-13-37(14-16-38)33-52-25-29-56-27-9-31-60(55,57-28-8-12-36(4)49)58-30-26-53-46(50)51/h13-17,33-35,40-44,49H,7-12,18-32H2,1-6H3,(H4,50,51,53). The zero-order valence-corrected chi connectivity index (χ0v) is 38.7. The Hall–Kier alpha value is -2.85. The van der Waals surface area contributed by atoms with Crippen molar-refractivity contribution in [3.63, 3.8) is 0 Å². The summed E-state index contributed by atoms with van der Waals surface area (Å²) in [6, 6.07) is 7.44. The number of carbonyl (C=O) groups excluding carboxylic acids is 1. The third kappa shape index (κ3) is 13.1. The number of nitrogens with zero attached hydrogens (tertiary/aromatic N) is 2. The number of esters is 1. The van der Waals surface area contributed by atoms with E-state index in [9.17, 15) is 9.36 Å². The first-order valence-corrected chi connectivity index (χ1v) is 24.9. The smallest absolute Gasteiger partial charge is 0.338 e. The van der Waals surface area contributed by atoms with Crippen LogP contribution in [0.4, 0.5) is 0 Å². The first kappa shape index (κ1) is 48.2. The molecular formula is C48H78N5O6P. The molecular weight excluding hydrogens is 774 g/mol. The van der Waals surface area contributed by atoms with E-state index < -0.39 is 7.60 Å². The molecule has 4 aliphatic carbocycles. The molecule has 1 aromatic carbocycles. The maximum Gasteiger partial charge on any atom is 0.338 e. The number of guanidine groups is 1. The summed E-state index contributed by atoms with van der Waals surface area (Å²) in [6.07, 6.45) is 19.9. The topological polar surface area (TPSA) is 172 Å². The summed E-state index contributed by atoms with van der Waals surface area (Å²) in [6.45, 7) is 16.0. The maximum atomic E-state index is 13.3. The molecule has 0 aromatic heterocycles. The molecule has 0 aliphatic heterocycles. The summed E-state index contributed by atoms with van der Waals surface area (Å²) in [5.74, 6) is 4.60. The largest absolute Gasteiger partial charge is 0.458 e. The number of allylic oxidation sites excluding steroid dienone is 1. The second kappa shape index (κ2) is 22.5. The number of nitrogens with two attached hydrogens (primary N) is 2. The van der Waals surface area contributed by atoms with Crippen molar-refractivity contribution in [1.82, 2.24) is 0 Å². The normalized spacial score (nSPS) is 28.9. The van der Waals surface area contributed by atoms with E-state index in [1.165, 1.54) is 51.4 Å². The van der Waals surface area contributed by atoms with Gasteiger partial charge in [0.1, 0.15) is 6.10 Å². The van der Waals surface area contributed by atoms with E-state index >= 15 is 0 Å². The summed E-state index contributed by atoms with van der Waals surface area (Å²) >= 11 is 0. The van der Waals surface area contributed by atoms with Gasteiger partial charge in [-0.15, -0.1) is 0 Å². The molecule has 0 amide bonds. The summed E-state index contributed by atoms with van der Waals surface area (Å²) in [5.41, 5.74) is 15.0. The van der Waals surface area contributed by atoms with Gasteiger partial charge in [0.25, 0.3) is 0 Å². The second-order valence-electron chi connectivity index (χ2n) is 19.4. The van der Waals surface area contributed by atoms with Gasteiger partial charge >= 0.3 is 13.6 Å². The second-order valence-corrected chi connectivity index (χ2v) is 21.6. The van der Waals surface area contributed by atoms with E-state index in [0.29, 0.717) is 55.7 Å². The fourth-order valence-electron chi connectivity index (χ4n) is 11.5. The van der Waals surface area contributed by atoms with Crippen LogP contribution < -0.4 is 11.5 Å². The van der Waals surface area contributed by atoms with Gasteiger partial charge in [-0.3, -0.25) is 14.5 Å². The lowest BCUT2D eigenvalue weighted by molar-refractivity contribution is -0.0594. The van der Waals surface area contributed by atoms with Gasteiger partial charge in [-0.25, -0.2) is 4.79 Å². The Morgan fingerprint density at radius 2 is 1.70 bits per heavy atom. The van der Waals surface area contributed by atoms with Gasteiger partial charge in [0, 0.05) is 25.0 Å². The van der Waals surface area contributed by atoms with Gasteiger partial charge < -0.3 is 35.4 Å². The number of hydrogen-bond acceptors (Lipinski definition) is 9. The minimum atomic E-state index is -3.36. The van der Waals surface area contributed by atoms with Gasteiger partial charge in [0.2, 0.25) is 0 Å². The fraction of sp³-hybridized carbons (Fsp3) is 0.750. The molecule has 11 nitrogen and oxygen atoms in total. The van der Waals surface area contributed by atoms with Crippen LogP contribution in [-0.4, -0.2) is 75.6 Å². The highest BCUT2D eigenvalue weighted by atomic mass is 31.2. The zero-order valence-electron chi connectivity index (χ0n) is 37.8. The molecule has 4 aliphatic rings. The molecule has 0 heterocycles. The molecule has 0 bridgehead atoms. The number of rotatable bonds is 24. The average Bonchev–Trinajstić information content (AvgIpc) is 3.56. The lowest BCUT2D eigenvalue weighted by atomic mass is 9.47. The summed E-state index contributed by atoms with van der Waals surface area (Å²) in [4.78, 5) is 21.7. The van der Waals surface area contributed by atoms with E-state index in [0.717, 1.165) is 60.3 Å². The predicted molar refractivity (Wildman–Crippen MR) is 244 cm³/mol. The number of hydrogen-bond donors (Lipinski definition) is 3. The molecule has 9 unspecified atom stereocenters. The lowest BCUT2D eigenvalue weighted by Crippen LogP contribution is -2.51. The summed E-state index contributed by atoms with van der Waals surface area (Å²) < 4.78 is 36.3. The van der Waals surface area contributed by atoms with Crippen LogP contribution >= 0.6 is 7.60 Å². The monoisotopic (exact) mass is 852 g/mol. The number of carbonyl (C=O) groups is 1. The molecule has 3 saturated carbocycles. The van der Waals surface area contributed by atoms with Gasteiger partial charge in [0.15, 0.2) is 5.96 Å². The van der Waals surface area contributed by atoms with Crippen molar-refractivity contribution < 1.29 is 27.9 Å². The van der Waals surface area contributed by atoms with Crippen LogP contribution in [0.15, 0.2) is 45.9 Å². The number of nitrogens with one attached hydrogen (secondary N) is 1. The Kier molecular flexibility index (Phi) is 18.1. The van der Waals surface area contributed by atoms with Gasteiger partial charge in [0.05, 0.1) is 44.6 Å².